The van der Waals surface area contributed by atoms with E-state index in [1.165, 1.54) is 0 Å². The zero-order chi connectivity index (χ0) is 15.3. The van der Waals surface area contributed by atoms with Gasteiger partial charge in [-0.05, 0) is 58.0 Å². The third-order valence-electron chi connectivity index (χ3n) is 3.68. The summed E-state index contributed by atoms with van der Waals surface area (Å²) in [6.45, 7) is 9.58. The lowest BCUT2D eigenvalue weighted by Gasteiger charge is -2.32. The Bertz CT molecular complexity index is 435. The first-order valence-corrected chi connectivity index (χ1v) is 7.15. The van der Waals surface area contributed by atoms with Gasteiger partial charge in [0.25, 0.3) is 0 Å². The molecule has 0 radical (unpaired) electrons. The van der Waals surface area contributed by atoms with E-state index in [9.17, 15) is 4.39 Å². The van der Waals surface area contributed by atoms with Gasteiger partial charge in [0.15, 0.2) is 0 Å². The summed E-state index contributed by atoms with van der Waals surface area (Å²) in [5.74, 6) is -0.152. The Labute approximate surface area is 122 Å². The fraction of sp³-hybridized carbons (Fsp3) is 0.625. The van der Waals surface area contributed by atoms with Gasteiger partial charge in [-0.2, -0.15) is 0 Å². The van der Waals surface area contributed by atoms with Crippen LogP contribution in [-0.2, 0) is 4.74 Å². The van der Waals surface area contributed by atoms with Crippen molar-refractivity contribution in [2.45, 2.75) is 39.8 Å². The Hall–Kier alpha value is -1.13. The van der Waals surface area contributed by atoms with Crippen molar-refractivity contribution in [2.75, 3.05) is 32.2 Å². The first-order chi connectivity index (χ1) is 9.42. The van der Waals surface area contributed by atoms with Gasteiger partial charge in [-0.25, -0.2) is 4.39 Å². The fourth-order valence-corrected chi connectivity index (χ4v) is 2.28. The number of benzene rings is 1. The molecule has 0 amide bonds. The number of nitrogens with one attached hydrogen (secondary N) is 1. The van der Waals surface area contributed by atoms with E-state index in [2.05, 4.69) is 24.1 Å². The van der Waals surface area contributed by atoms with E-state index < -0.39 is 0 Å². The van der Waals surface area contributed by atoms with Gasteiger partial charge in [0.2, 0.25) is 0 Å². The molecule has 0 saturated heterocycles. The molecular weight excluding hydrogens is 255 g/mol. The number of halogens is 1. The summed E-state index contributed by atoms with van der Waals surface area (Å²) in [5, 5.41) is 3.19. The Morgan fingerprint density at radius 3 is 2.45 bits per heavy atom. The number of methoxy groups -OCH3 is 1. The largest absolute Gasteiger partial charge is 0.383 e. The molecule has 20 heavy (non-hydrogen) atoms. The molecule has 0 spiro atoms. The molecule has 1 N–H and O–H groups in total. The van der Waals surface area contributed by atoms with Crippen LogP contribution in [0.4, 0.5) is 10.1 Å². The summed E-state index contributed by atoms with van der Waals surface area (Å²) in [5.41, 5.74) is 2.74. The quantitative estimate of drug-likeness (QED) is 0.830. The molecule has 0 aliphatic heterocycles. The van der Waals surface area contributed by atoms with E-state index in [4.69, 9.17) is 4.74 Å². The highest BCUT2D eigenvalue weighted by atomic mass is 19.1. The van der Waals surface area contributed by atoms with Crippen molar-refractivity contribution in [3.63, 3.8) is 0 Å². The van der Waals surface area contributed by atoms with E-state index in [0.29, 0.717) is 18.2 Å². The van der Waals surface area contributed by atoms with Crippen molar-refractivity contribution < 1.29 is 9.13 Å². The summed E-state index contributed by atoms with van der Waals surface area (Å²) in [6.07, 6.45) is 0. The maximum absolute atomic E-state index is 13.9. The lowest BCUT2D eigenvalue weighted by atomic mass is 10.0. The Kier molecular flexibility index (Phi) is 6.43. The normalized spacial score (nSPS) is 12.8. The molecule has 1 rings (SSSR count). The molecule has 0 heterocycles. The van der Waals surface area contributed by atoms with Gasteiger partial charge in [-0.1, -0.05) is 0 Å². The van der Waals surface area contributed by atoms with Crippen LogP contribution in [0, 0.1) is 12.7 Å². The molecule has 3 nitrogen and oxygen atoms in total. The molecule has 1 unspecified atom stereocenters. The van der Waals surface area contributed by atoms with Crippen molar-refractivity contribution in [3.8, 4) is 0 Å². The molecule has 0 aliphatic rings. The number of rotatable bonds is 7. The van der Waals surface area contributed by atoms with Gasteiger partial charge in [-0.3, -0.25) is 0 Å². The Morgan fingerprint density at radius 1 is 1.30 bits per heavy atom. The summed E-state index contributed by atoms with van der Waals surface area (Å²) >= 11 is 0. The van der Waals surface area contributed by atoms with E-state index in [0.717, 1.165) is 17.8 Å². The number of aryl methyl sites for hydroxylation is 1. The van der Waals surface area contributed by atoms with Crippen LogP contribution in [-0.4, -0.2) is 33.4 Å². The monoisotopic (exact) mass is 282 g/mol. The number of hydrogen-bond donors (Lipinski definition) is 1. The van der Waals surface area contributed by atoms with Crippen LogP contribution >= 0.6 is 0 Å². The minimum absolute atomic E-state index is 0.101. The summed E-state index contributed by atoms with van der Waals surface area (Å²) in [4.78, 5) is 2.26. The van der Waals surface area contributed by atoms with E-state index in [-0.39, 0.29) is 11.9 Å². The van der Waals surface area contributed by atoms with Crippen LogP contribution < -0.4 is 10.2 Å². The second-order valence-corrected chi connectivity index (χ2v) is 5.45. The standard InChI is InChI=1S/C16H27FN2O/c1-11(2)19(7-8-20-6)16-9-12(3)15(17)10-14(16)13(4)18-5/h9-11,13,18H,7-8H2,1-6H3. The number of hydrogen-bond acceptors (Lipinski definition) is 3. The average Bonchev–Trinajstić information content (AvgIpc) is 2.41. The predicted molar refractivity (Wildman–Crippen MR) is 83.0 cm³/mol. The van der Waals surface area contributed by atoms with Crippen LogP contribution in [0.2, 0.25) is 0 Å². The first-order valence-electron chi connectivity index (χ1n) is 7.15. The predicted octanol–water partition coefficient (Wildman–Crippen LogP) is 3.28. The molecule has 114 valence electrons. The van der Waals surface area contributed by atoms with Crippen molar-refractivity contribution in [1.82, 2.24) is 5.32 Å². The highest BCUT2D eigenvalue weighted by molar-refractivity contribution is 5.57. The SMILES string of the molecule is CNC(C)c1cc(F)c(C)cc1N(CCOC)C(C)C. The molecule has 1 aromatic rings. The first kappa shape index (κ1) is 16.9. The summed E-state index contributed by atoms with van der Waals surface area (Å²) < 4.78 is 19.1. The van der Waals surface area contributed by atoms with Crippen LogP contribution in [0.25, 0.3) is 0 Å². The minimum atomic E-state index is -0.152. The zero-order valence-corrected chi connectivity index (χ0v) is 13.5. The molecule has 1 aromatic carbocycles. The second-order valence-electron chi connectivity index (χ2n) is 5.45. The molecule has 0 aliphatic carbocycles. The van der Waals surface area contributed by atoms with Gasteiger partial charge in [-0.15, -0.1) is 0 Å². The molecule has 0 aromatic heterocycles. The van der Waals surface area contributed by atoms with Crippen LogP contribution in [0.1, 0.15) is 37.9 Å². The summed E-state index contributed by atoms with van der Waals surface area (Å²) in [6, 6.07) is 4.02. The smallest absolute Gasteiger partial charge is 0.126 e. The van der Waals surface area contributed by atoms with Crippen molar-refractivity contribution in [2.24, 2.45) is 0 Å². The summed E-state index contributed by atoms with van der Waals surface area (Å²) in [7, 11) is 3.59. The molecular formula is C16H27FN2O. The van der Waals surface area contributed by atoms with Gasteiger partial charge in [0.1, 0.15) is 5.82 Å². The molecule has 0 saturated carbocycles. The van der Waals surface area contributed by atoms with E-state index >= 15 is 0 Å². The topological polar surface area (TPSA) is 24.5 Å². The minimum Gasteiger partial charge on any atom is -0.383 e. The molecule has 0 fully saturated rings. The van der Waals surface area contributed by atoms with Gasteiger partial charge < -0.3 is 15.0 Å². The Balaban J connectivity index is 3.26. The third-order valence-corrected chi connectivity index (χ3v) is 3.68. The lowest BCUT2D eigenvalue weighted by molar-refractivity contribution is 0.203. The van der Waals surface area contributed by atoms with Crippen molar-refractivity contribution in [1.29, 1.82) is 0 Å². The second kappa shape index (κ2) is 7.60. The third kappa shape index (κ3) is 3.93. The molecule has 4 heteroatoms. The maximum Gasteiger partial charge on any atom is 0.126 e. The van der Waals surface area contributed by atoms with Crippen LogP contribution in [0.15, 0.2) is 12.1 Å². The van der Waals surface area contributed by atoms with Crippen LogP contribution in [0.3, 0.4) is 0 Å². The van der Waals surface area contributed by atoms with Crippen LogP contribution in [0.5, 0.6) is 0 Å². The lowest BCUT2D eigenvalue weighted by Crippen LogP contribution is -2.35. The van der Waals surface area contributed by atoms with Gasteiger partial charge in [0, 0.05) is 31.4 Å². The van der Waals surface area contributed by atoms with Crippen molar-refractivity contribution >= 4 is 5.69 Å². The highest BCUT2D eigenvalue weighted by Crippen LogP contribution is 2.30. The van der Waals surface area contributed by atoms with Crippen molar-refractivity contribution in [3.05, 3.63) is 29.1 Å². The van der Waals surface area contributed by atoms with Gasteiger partial charge in [0.05, 0.1) is 6.61 Å². The highest BCUT2D eigenvalue weighted by Gasteiger charge is 2.19. The van der Waals surface area contributed by atoms with E-state index in [1.54, 1.807) is 13.2 Å². The number of ether oxygens (including phenoxy) is 1. The maximum atomic E-state index is 13.9. The Morgan fingerprint density at radius 2 is 1.95 bits per heavy atom. The number of anilines is 1. The van der Waals surface area contributed by atoms with Gasteiger partial charge >= 0.3 is 0 Å². The molecule has 0 bridgehead atoms. The molecule has 1 atom stereocenters. The fourth-order valence-electron chi connectivity index (χ4n) is 2.28. The average molecular weight is 282 g/mol. The number of nitrogens with zero attached hydrogens (tertiary/aromatic N) is 1. The zero-order valence-electron chi connectivity index (χ0n) is 13.5. The van der Waals surface area contributed by atoms with E-state index in [1.807, 2.05) is 27.0 Å².